The number of thiophene rings is 1. The Labute approximate surface area is 162 Å². The standard InChI is InChI=1S/C20H23NO5S/c1-5-25-16-9-7-14(12-17(16)24-4)8-10-18(22)21-19-15(11-13(3)27-19)20(23)26-6-2/h7-12H,5-6H2,1-4H3,(H,21,22)/b10-8+. The van der Waals surface area contributed by atoms with E-state index in [1.54, 1.807) is 38.3 Å². The number of esters is 1. The van der Waals surface area contributed by atoms with Crippen LogP contribution in [0.2, 0.25) is 0 Å². The molecule has 1 amide bonds. The van der Waals surface area contributed by atoms with Crippen molar-refractivity contribution in [3.63, 3.8) is 0 Å². The molecule has 27 heavy (non-hydrogen) atoms. The first-order valence-corrected chi connectivity index (χ1v) is 9.37. The van der Waals surface area contributed by atoms with E-state index in [-0.39, 0.29) is 12.5 Å². The van der Waals surface area contributed by atoms with E-state index in [1.807, 2.05) is 19.9 Å². The molecule has 0 radical (unpaired) electrons. The summed E-state index contributed by atoms with van der Waals surface area (Å²) in [4.78, 5) is 25.1. The minimum Gasteiger partial charge on any atom is -0.493 e. The van der Waals surface area contributed by atoms with Crippen LogP contribution in [-0.4, -0.2) is 32.2 Å². The Balaban J connectivity index is 2.11. The number of hydrogen-bond acceptors (Lipinski definition) is 6. The molecule has 0 aliphatic heterocycles. The van der Waals surface area contributed by atoms with Gasteiger partial charge in [-0.1, -0.05) is 6.07 Å². The quantitative estimate of drug-likeness (QED) is 0.538. The van der Waals surface area contributed by atoms with E-state index in [1.165, 1.54) is 17.4 Å². The average molecular weight is 389 g/mol. The smallest absolute Gasteiger partial charge is 0.341 e. The molecule has 2 aromatic rings. The van der Waals surface area contributed by atoms with Gasteiger partial charge in [0.2, 0.25) is 5.91 Å². The Kier molecular flexibility index (Phi) is 7.43. The number of hydrogen-bond donors (Lipinski definition) is 1. The number of carbonyl (C=O) groups excluding carboxylic acids is 2. The van der Waals surface area contributed by atoms with Gasteiger partial charge in [-0.15, -0.1) is 11.3 Å². The van der Waals surface area contributed by atoms with Gasteiger partial charge in [0.25, 0.3) is 0 Å². The first-order chi connectivity index (χ1) is 13.0. The van der Waals surface area contributed by atoms with Crippen LogP contribution in [-0.2, 0) is 9.53 Å². The average Bonchev–Trinajstić information content (AvgIpc) is 3.01. The van der Waals surface area contributed by atoms with Crippen molar-refractivity contribution in [2.75, 3.05) is 25.6 Å². The summed E-state index contributed by atoms with van der Waals surface area (Å²) < 4.78 is 15.8. The van der Waals surface area contributed by atoms with Gasteiger partial charge in [-0.3, -0.25) is 4.79 Å². The third kappa shape index (κ3) is 5.59. The predicted molar refractivity (Wildman–Crippen MR) is 107 cm³/mol. The second kappa shape index (κ2) is 9.78. The van der Waals surface area contributed by atoms with E-state index >= 15 is 0 Å². The molecule has 2 rings (SSSR count). The maximum atomic E-state index is 12.3. The molecule has 0 spiro atoms. The number of aryl methyl sites for hydroxylation is 1. The van der Waals surface area contributed by atoms with Gasteiger partial charge in [0, 0.05) is 11.0 Å². The SMILES string of the molecule is CCOC(=O)c1cc(C)sc1NC(=O)/C=C/c1ccc(OCC)c(OC)c1. The number of nitrogens with one attached hydrogen (secondary N) is 1. The van der Waals surface area contributed by atoms with Crippen LogP contribution in [0.15, 0.2) is 30.3 Å². The van der Waals surface area contributed by atoms with E-state index in [2.05, 4.69) is 5.32 Å². The molecule has 1 N–H and O–H groups in total. The summed E-state index contributed by atoms with van der Waals surface area (Å²) in [6.45, 7) is 6.32. The molecular weight excluding hydrogens is 366 g/mol. The van der Waals surface area contributed by atoms with Gasteiger partial charge in [-0.05, 0) is 50.6 Å². The van der Waals surface area contributed by atoms with Crippen LogP contribution in [0.5, 0.6) is 11.5 Å². The van der Waals surface area contributed by atoms with Gasteiger partial charge < -0.3 is 19.5 Å². The second-order valence-corrected chi connectivity index (χ2v) is 6.74. The van der Waals surface area contributed by atoms with Crippen molar-refractivity contribution < 1.29 is 23.8 Å². The van der Waals surface area contributed by atoms with Crippen molar-refractivity contribution in [2.45, 2.75) is 20.8 Å². The molecule has 1 aromatic heterocycles. The highest BCUT2D eigenvalue weighted by molar-refractivity contribution is 7.16. The van der Waals surface area contributed by atoms with Crippen LogP contribution in [0.3, 0.4) is 0 Å². The molecular formula is C20H23NO5S. The van der Waals surface area contributed by atoms with Gasteiger partial charge in [0.05, 0.1) is 25.9 Å². The number of carbonyl (C=O) groups is 2. The Bertz CT molecular complexity index is 841. The summed E-state index contributed by atoms with van der Waals surface area (Å²) in [5.41, 5.74) is 1.15. The molecule has 0 saturated heterocycles. The number of ether oxygens (including phenoxy) is 3. The fourth-order valence-electron chi connectivity index (χ4n) is 2.36. The number of rotatable bonds is 8. The fourth-order valence-corrected chi connectivity index (χ4v) is 3.26. The van der Waals surface area contributed by atoms with Crippen LogP contribution in [0.4, 0.5) is 5.00 Å². The third-order valence-corrected chi connectivity index (χ3v) is 4.47. The van der Waals surface area contributed by atoms with E-state index < -0.39 is 5.97 Å². The maximum Gasteiger partial charge on any atom is 0.341 e. The Morgan fingerprint density at radius 3 is 2.59 bits per heavy atom. The lowest BCUT2D eigenvalue weighted by Crippen LogP contribution is -2.11. The maximum absolute atomic E-state index is 12.3. The normalized spacial score (nSPS) is 10.7. The van der Waals surface area contributed by atoms with E-state index in [9.17, 15) is 9.59 Å². The van der Waals surface area contributed by atoms with Crippen LogP contribution in [0.25, 0.3) is 6.08 Å². The van der Waals surface area contributed by atoms with E-state index in [4.69, 9.17) is 14.2 Å². The zero-order valence-electron chi connectivity index (χ0n) is 15.8. The first kappa shape index (κ1) is 20.5. The molecule has 1 heterocycles. The van der Waals surface area contributed by atoms with Crippen molar-refractivity contribution in [3.05, 3.63) is 46.3 Å². The lowest BCUT2D eigenvalue weighted by atomic mass is 10.2. The molecule has 0 aliphatic carbocycles. The molecule has 144 valence electrons. The zero-order valence-corrected chi connectivity index (χ0v) is 16.6. The second-order valence-electron chi connectivity index (χ2n) is 5.49. The Hall–Kier alpha value is -2.80. The lowest BCUT2D eigenvalue weighted by molar-refractivity contribution is -0.111. The monoisotopic (exact) mass is 389 g/mol. The first-order valence-electron chi connectivity index (χ1n) is 8.55. The molecule has 0 aliphatic rings. The molecule has 0 bridgehead atoms. The number of benzene rings is 1. The van der Waals surface area contributed by atoms with Crippen LogP contribution in [0.1, 0.15) is 34.6 Å². The van der Waals surface area contributed by atoms with Crippen molar-refractivity contribution in [1.82, 2.24) is 0 Å². The fraction of sp³-hybridized carbons (Fsp3) is 0.300. The Morgan fingerprint density at radius 2 is 1.93 bits per heavy atom. The number of anilines is 1. The van der Waals surface area contributed by atoms with Gasteiger partial charge in [0.1, 0.15) is 5.00 Å². The van der Waals surface area contributed by atoms with Gasteiger partial charge in [0.15, 0.2) is 11.5 Å². The van der Waals surface area contributed by atoms with Gasteiger partial charge in [-0.25, -0.2) is 4.79 Å². The molecule has 0 atom stereocenters. The summed E-state index contributed by atoms with van der Waals surface area (Å²) in [5, 5.41) is 3.21. The van der Waals surface area contributed by atoms with E-state index in [0.29, 0.717) is 28.7 Å². The van der Waals surface area contributed by atoms with E-state index in [0.717, 1.165) is 10.4 Å². The highest BCUT2D eigenvalue weighted by Crippen LogP contribution is 2.29. The molecule has 6 nitrogen and oxygen atoms in total. The third-order valence-electron chi connectivity index (χ3n) is 3.50. The lowest BCUT2D eigenvalue weighted by Gasteiger charge is -2.09. The summed E-state index contributed by atoms with van der Waals surface area (Å²) in [6.07, 6.45) is 3.07. The molecule has 7 heteroatoms. The molecule has 0 unspecified atom stereocenters. The van der Waals surface area contributed by atoms with Gasteiger partial charge in [-0.2, -0.15) is 0 Å². The van der Waals surface area contributed by atoms with Crippen LogP contribution < -0.4 is 14.8 Å². The largest absolute Gasteiger partial charge is 0.493 e. The Morgan fingerprint density at radius 1 is 1.15 bits per heavy atom. The number of methoxy groups -OCH3 is 1. The van der Waals surface area contributed by atoms with Crippen molar-refractivity contribution in [2.24, 2.45) is 0 Å². The van der Waals surface area contributed by atoms with Crippen molar-refractivity contribution in [3.8, 4) is 11.5 Å². The van der Waals surface area contributed by atoms with Crippen molar-refractivity contribution in [1.29, 1.82) is 0 Å². The van der Waals surface area contributed by atoms with Crippen LogP contribution in [0, 0.1) is 6.92 Å². The summed E-state index contributed by atoms with van der Waals surface area (Å²) in [5.74, 6) is 0.459. The van der Waals surface area contributed by atoms with Crippen molar-refractivity contribution >= 4 is 34.3 Å². The molecule has 0 saturated carbocycles. The topological polar surface area (TPSA) is 73.9 Å². The highest BCUT2D eigenvalue weighted by atomic mass is 32.1. The number of amides is 1. The molecule has 0 fully saturated rings. The minimum absolute atomic E-state index is 0.278. The summed E-state index contributed by atoms with van der Waals surface area (Å²) >= 11 is 1.33. The summed E-state index contributed by atoms with van der Waals surface area (Å²) in [7, 11) is 1.56. The predicted octanol–water partition coefficient (Wildman–Crippen LogP) is 4.29. The minimum atomic E-state index is -0.447. The molecule has 1 aromatic carbocycles. The highest BCUT2D eigenvalue weighted by Gasteiger charge is 2.17. The van der Waals surface area contributed by atoms with Crippen LogP contribution >= 0.6 is 11.3 Å². The van der Waals surface area contributed by atoms with Gasteiger partial charge >= 0.3 is 5.97 Å². The summed E-state index contributed by atoms with van der Waals surface area (Å²) in [6, 6.07) is 7.12. The zero-order chi connectivity index (χ0) is 19.8.